The molecule has 0 unspecified atom stereocenters. The van der Waals surface area contributed by atoms with Gasteiger partial charge in [-0.05, 0) is 38.1 Å². The molecular weight excluding hydrogens is 278 g/mol. The van der Waals surface area contributed by atoms with Crippen LogP contribution in [-0.2, 0) is 0 Å². The summed E-state index contributed by atoms with van der Waals surface area (Å²) in [4.78, 5) is 15.9. The first-order chi connectivity index (χ1) is 10.0. The summed E-state index contributed by atoms with van der Waals surface area (Å²) < 4.78 is 27.2. The third-order valence-electron chi connectivity index (χ3n) is 3.73. The fourth-order valence-electron chi connectivity index (χ4n) is 2.45. The molecule has 5 nitrogen and oxygen atoms in total. The summed E-state index contributed by atoms with van der Waals surface area (Å²) in [6.07, 6.45) is 2.36. The summed E-state index contributed by atoms with van der Waals surface area (Å²) in [6, 6.07) is 1.99. The van der Waals surface area contributed by atoms with E-state index < -0.39 is 23.2 Å². The van der Waals surface area contributed by atoms with Gasteiger partial charge < -0.3 is 15.2 Å². The highest BCUT2D eigenvalue weighted by molar-refractivity contribution is 5.94. The van der Waals surface area contributed by atoms with Gasteiger partial charge >= 0.3 is 0 Å². The Morgan fingerprint density at radius 2 is 1.90 bits per heavy atom. The van der Waals surface area contributed by atoms with Gasteiger partial charge in [0, 0.05) is 25.7 Å². The molecule has 7 heteroatoms. The maximum Gasteiger partial charge on any atom is 0.253 e. The summed E-state index contributed by atoms with van der Waals surface area (Å²) >= 11 is 0. The molecule has 1 aromatic carbocycles. The lowest BCUT2D eigenvalue weighted by Crippen LogP contribution is -2.35. The van der Waals surface area contributed by atoms with E-state index in [0.29, 0.717) is 6.54 Å². The Hall–Kier alpha value is -1.73. The number of hydrazine groups is 1. The zero-order valence-electron chi connectivity index (χ0n) is 12.0. The molecule has 1 aliphatic heterocycles. The van der Waals surface area contributed by atoms with Crippen molar-refractivity contribution in [1.82, 2.24) is 9.80 Å². The second kappa shape index (κ2) is 6.82. The minimum atomic E-state index is -0.881. The molecule has 1 aliphatic rings. The number of carbonyl (C=O) groups excluding carboxylic acids is 1. The molecular formula is C14H20F2N4O. The first-order valence-corrected chi connectivity index (χ1v) is 6.96. The quantitative estimate of drug-likeness (QED) is 0.637. The van der Waals surface area contributed by atoms with Gasteiger partial charge in [0.05, 0.1) is 0 Å². The number of amides is 1. The van der Waals surface area contributed by atoms with E-state index in [1.54, 1.807) is 7.05 Å². The highest BCUT2D eigenvalue weighted by Crippen LogP contribution is 2.20. The monoisotopic (exact) mass is 298 g/mol. The highest BCUT2D eigenvalue weighted by Gasteiger charge is 2.19. The van der Waals surface area contributed by atoms with Crippen molar-refractivity contribution in [1.29, 1.82) is 0 Å². The van der Waals surface area contributed by atoms with Crippen LogP contribution in [0.2, 0.25) is 0 Å². The molecule has 1 heterocycles. The van der Waals surface area contributed by atoms with Gasteiger partial charge in [0.1, 0.15) is 5.69 Å². The molecule has 0 bridgehead atoms. The first kappa shape index (κ1) is 15.7. The number of anilines is 1. The van der Waals surface area contributed by atoms with Crippen LogP contribution in [0, 0.1) is 11.6 Å². The topological polar surface area (TPSA) is 61.6 Å². The van der Waals surface area contributed by atoms with Crippen molar-refractivity contribution < 1.29 is 13.6 Å². The van der Waals surface area contributed by atoms with Crippen molar-refractivity contribution >= 4 is 11.6 Å². The number of nitrogens with one attached hydrogen (secondary N) is 1. The number of carbonyl (C=O) groups is 1. The van der Waals surface area contributed by atoms with Crippen molar-refractivity contribution in [2.75, 3.05) is 38.7 Å². The number of halogens is 2. The standard InChI is InChI=1S/C14H20F2N4O/c1-19(6-7-20-4-2-3-5-20)14(21)10-8-11(15)13(18-17)12(16)9-10/h8-9,18H,2-7,17H2,1H3. The van der Waals surface area contributed by atoms with Crippen molar-refractivity contribution in [2.45, 2.75) is 12.8 Å². The molecule has 2 rings (SSSR count). The Bertz CT molecular complexity index is 495. The van der Waals surface area contributed by atoms with Crippen molar-refractivity contribution in [2.24, 2.45) is 5.84 Å². The summed E-state index contributed by atoms with van der Waals surface area (Å²) in [7, 11) is 1.63. The minimum absolute atomic E-state index is 0.0204. The number of rotatable bonds is 5. The summed E-state index contributed by atoms with van der Waals surface area (Å²) in [5.41, 5.74) is 1.48. The number of benzene rings is 1. The van der Waals surface area contributed by atoms with E-state index in [2.05, 4.69) is 4.90 Å². The van der Waals surface area contributed by atoms with Gasteiger partial charge in [-0.25, -0.2) is 8.78 Å². The van der Waals surface area contributed by atoms with Crippen LogP contribution in [0.1, 0.15) is 23.2 Å². The molecule has 0 spiro atoms. The second-order valence-electron chi connectivity index (χ2n) is 5.23. The fraction of sp³-hybridized carbons (Fsp3) is 0.500. The maximum absolute atomic E-state index is 13.6. The Labute approximate surface area is 122 Å². The maximum atomic E-state index is 13.6. The number of nitrogens with two attached hydrogens (primary N) is 1. The van der Waals surface area contributed by atoms with E-state index in [-0.39, 0.29) is 5.56 Å². The van der Waals surface area contributed by atoms with Gasteiger partial charge in [-0.2, -0.15) is 0 Å². The minimum Gasteiger partial charge on any atom is -0.340 e. The van der Waals surface area contributed by atoms with Gasteiger partial charge in [0.25, 0.3) is 5.91 Å². The Balaban J connectivity index is 2.01. The third kappa shape index (κ3) is 3.68. The summed E-state index contributed by atoms with van der Waals surface area (Å²) in [5.74, 6) is 2.86. The molecule has 0 atom stereocenters. The second-order valence-corrected chi connectivity index (χ2v) is 5.23. The molecule has 0 aliphatic carbocycles. The summed E-state index contributed by atoms with van der Waals surface area (Å²) in [6.45, 7) is 3.39. The molecule has 0 aromatic heterocycles. The first-order valence-electron chi connectivity index (χ1n) is 6.96. The van der Waals surface area contributed by atoms with Crippen LogP contribution >= 0.6 is 0 Å². The van der Waals surface area contributed by atoms with E-state index >= 15 is 0 Å². The van der Waals surface area contributed by atoms with E-state index in [1.165, 1.54) is 17.7 Å². The number of likely N-dealkylation sites (tertiary alicyclic amines) is 1. The highest BCUT2D eigenvalue weighted by atomic mass is 19.1. The van der Waals surface area contributed by atoms with Crippen molar-refractivity contribution in [3.63, 3.8) is 0 Å². The number of hydrogen-bond acceptors (Lipinski definition) is 4. The van der Waals surface area contributed by atoms with Gasteiger partial charge in [-0.1, -0.05) is 0 Å². The molecule has 1 fully saturated rings. The molecule has 116 valence electrons. The van der Waals surface area contributed by atoms with Gasteiger partial charge in [0.2, 0.25) is 0 Å². The predicted octanol–water partition coefficient (Wildman–Crippen LogP) is 1.42. The number of nitrogens with zero attached hydrogens (tertiary/aromatic N) is 2. The van der Waals surface area contributed by atoms with Crippen LogP contribution in [0.25, 0.3) is 0 Å². The molecule has 0 saturated carbocycles. The fourth-order valence-corrected chi connectivity index (χ4v) is 2.45. The van der Waals surface area contributed by atoms with Crippen LogP contribution in [0.3, 0.4) is 0 Å². The Morgan fingerprint density at radius 3 is 2.43 bits per heavy atom. The van der Waals surface area contributed by atoms with Crippen molar-refractivity contribution in [3.8, 4) is 0 Å². The Morgan fingerprint density at radius 1 is 1.33 bits per heavy atom. The van der Waals surface area contributed by atoms with Gasteiger partial charge in [0.15, 0.2) is 11.6 Å². The van der Waals surface area contributed by atoms with E-state index in [4.69, 9.17) is 5.84 Å². The zero-order valence-corrected chi connectivity index (χ0v) is 12.0. The normalized spacial score (nSPS) is 15.2. The van der Waals surface area contributed by atoms with Crippen molar-refractivity contribution in [3.05, 3.63) is 29.3 Å². The third-order valence-corrected chi connectivity index (χ3v) is 3.73. The predicted molar refractivity (Wildman–Crippen MR) is 76.8 cm³/mol. The molecule has 1 saturated heterocycles. The zero-order chi connectivity index (χ0) is 15.4. The van der Waals surface area contributed by atoms with Crippen LogP contribution in [0.4, 0.5) is 14.5 Å². The average molecular weight is 298 g/mol. The van der Waals surface area contributed by atoms with E-state index in [0.717, 1.165) is 31.8 Å². The molecule has 21 heavy (non-hydrogen) atoms. The number of likely N-dealkylation sites (N-methyl/N-ethyl adjacent to an activating group) is 1. The largest absolute Gasteiger partial charge is 0.340 e. The number of hydrogen-bond donors (Lipinski definition) is 2. The number of nitrogen functional groups attached to an aromatic ring is 1. The van der Waals surface area contributed by atoms with Gasteiger partial charge in [-0.3, -0.25) is 10.6 Å². The van der Waals surface area contributed by atoms with Crippen LogP contribution < -0.4 is 11.3 Å². The Kier molecular flexibility index (Phi) is 5.08. The van der Waals surface area contributed by atoms with Gasteiger partial charge in [-0.15, -0.1) is 0 Å². The van der Waals surface area contributed by atoms with Crippen LogP contribution in [0.5, 0.6) is 0 Å². The molecule has 1 aromatic rings. The van der Waals surface area contributed by atoms with E-state index in [1.807, 2.05) is 5.43 Å². The molecule has 0 radical (unpaired) electrons. The SMILES string of the molecule is CN(CCN1CCCC1)C(=O)c1cc(F)c(NN)c(F)c1. The lowest BCUT2D eigenvalue weighted by atomic mass is 10.1. The smallest absolute Gasteiger partial charge is 0.253 e. The summed E-state index contributed by atoms with van der Waals surface area (Å²) in [5, 5.41) is 0. The van der Waals surface area contributed by atoms with E-state index in [9.17, 15) is 13.6 Å². The molecule has 3 N–H and O–H groups in total. The lowest BCUT2D eigenvalue weighted by molar-refractivity contribution is 0.0781. The van der Waals surface area contributed by atoms with Crippen LogP contribution in [-0.4, -0.2) is 48.9 Å². The molecule has 1 amide bonds. The lowest BCUT2D eigenvalue weighted by Gasteiger charge is -2.21. The average Bonchev–Trinajstić information content (AvgIpc) is 2.96. The van der Waals surface area contributed by atoms with Crippen LogP contribution in [0.15, 0.2) is 12.1 Å².